The van der Waals surface area contributed by atoms with E-state index in [1.165, 1.54) is 24.0 Å². The molecule has 0 aliphatic carbocycles. The molecule has 1 aliphatic heterocycles. The molecule has 1 saturated heterocycles. The number of nitrogens with zero attached hydrogens (tertiary/aromatic N) is 2. The highest BCUT2D eigenvalue weighted by Crippen LogP contribution is 2.19. The van der Waals surface area contributed by atoms with Crippen molar-refractivity contribution in [2.45, 2.75) is 50.9 Å². The van der Waals surface area contributed by atoms with Crippen LogP contribution in [0.1, 0.15) is 37.8 Å². The van der Waals surface area contributed by atoms with Crippen molar-refractivity contribution in [1.82, 2.24) is 15.5 Å². The molecule has 0 aromatic heterocycles. The average Bonchev–Trinajstić information content (AvgIpc) is 2.62. The van der Waals surface area contributed by atoms with Crippen molar-refractivity contribution in [3.05, 3.63) is 35.4 Å². The molecule has 0 saturated carbocycles. The van der Waals surface area contributed by atoms with Crippen molar-refractivity contribution in [2.24, 2.45) is 4.99 Å². The number of aliphatic imine (C=N–C) groups is 1. The normalized spacial score (nSPS) is 17.6. The first kappa shape index (κ1) is 20.1. The second-order valence-corrected chi connectivity index (χ2v) is 9.02. The molecule has 2 rings (SSSR count). The van der Waals surface area contributed by atoms with E-state index in [0.717, 1.165) is 32.1 Å². The summed E-state index contributed by atoms with van der Waals surface area (Å²) >= 11 is 1.88. The molecule has 25 heavy (non-hydrogen) atoms. The Balaban J connectivity index is 1.76. The molecule has 2 N–H and O–H groups in total. The van der Waals surface area contributed by atoms with E-state index in [1.807, 2.05) is 18.8 Å². The lowest BCUT2D eigenvalue weighted by Crippen LogP contribution is -2.50. The first-order chi connectivity index (χ1) is 11.9. The van der Waals surface area contributed by atoms with Crippen LogP contribution in [-0.2, 0) is 6.54 Å². The van der Waals surface area contributed by atoms with Gasteiger partial charge in [-0.2, -0.15) is 11.8 Å². The number of hydrogen-bond donors (Lipinski definition) is 2. The van der Waals surface area contributed by atoms with Crippen LogP contribution in [0.2, 0.25) is 0 Å². The van der Waals surface area contributed by atoms with Crippen LogP contribution in [0.3, 0.4) is 0 Å². The molecular weight excluding hydrogens is 328 g/mol. The molecule has 0 bridgehead atoms. The van der Waals surface area contributed by atoms with Crippen molar-refractivity contribution in [3.8, 4) is 0 Å². The third-order valence-electron chi connectivity index (χ3n) is 5.04. The maximum absolute atomic E-state index is 4.39. The quantitative estimate of drug-likeness (QED) is 0.602. The predicted octanol–water partition coefficient (Wildman–Crippen LogP) is 3.27. The summed E-state index contributed by atoms with van der Waals surface area (Å²) < 4.78 is 0.217. The first-order valence-corrected chi connectivity index (χ1v) is 10.4. The van der Waals surface area contributed by atoms with E-state index < -0.39 is 0 Å². The number of rotatable bonds is 6. The summed E-state index contributed by atoms with van der Waals surface area (Å²) in [6.07, 6.45) is 4.49. The van der Waals surface area contributed by atoms with Gasteiger partial charge in [0.1, 0.15) is 0 Å². The smallest absolute Gasteiger partial charge is 0.191 e. The van der Waals surface area contributed by atoms with Gasteiger partial charge < -0.3 is 10.6 Å². The van der Waals surface area contributed by atoms with Crippen LogP contribution in [0.4, 0.5) is 0 Å². The highest BCUT2D eigenvalue weighted by Gasteiger charge is 2.21. The summed E-state index contributed by atoms with van der Waals surface area (Å²) in [4.78, 5) is 6.95. The van der Waals surface area contributed by atoms with Crippen LogP contribution >= 0.6 is 11.8 Å². The lowest BCUT2D eigenvalue weighted by atomic mass is 10.0. The minimum atomic E-state index is 0.217. The van der Waals surface area contributed by atoms with E-state index in [9.17, 15) is 0 Å². The van der Waals surface area contributed by atoms with Gasteiger partial charge in [0.2, 0.25) is 0 Å². The Labute approximate surface area is 157 Å². The molecule has 1 aliphatic rings. The van der Waals surface area contributed by atoms with Gasteiger partial charge in [0.15, 0.2) is 5.96 Å². The molecule has 4 nitrogen and oxygen atoms in total. The predicted molar refractivity (Wildman–Crippen MR) is 112 cm³/mol. The molecule has 0 atom stereocenters. The van der Waals surface area contributed by atoms with Gasteiger partial charge in [0, 0.05) is 44.0 Å². The fourth-order valence-corrected chi connectivity index (χ4v) is 3.24. The van der Waals surface area contributed by atoms with E-state index in [0.29, 0.717) is 6.04 Å². The molecule has 0 radical (unpaired) electrons. The van der Waals surface area contributed by atoms with Gasteiger partial charge in [-0.3, -0.25) is 9.89 Å². The van der Waals surface area contributed by atoms with Crippen molar-refractivity contribution in [1.29, 1.82) is 0 Å². The Morgan fingerprint density at radius 1 is 1.28 bits per heavy atom. The van der Waals surface area contributed by atoms with Gasteiger partial charge in [0.05, 0.1) is 0 Å². The largest absolute Gasteiger partial charge is 0.355 e. The van der Waals surface area contributed by atoms with E-state index in [2.05, 4.69) is 71.8 Å². The third-order valence-corrected chi connectivity index (χ3v) is 6.29. The topological polar surface area (TPSA) is 39.7 Å². The van der Waals surface area contributed by atoms with Gasteiger partial charge in [-0.25, -0.2) is 0 Å². The Bertz CT molecular complexity index is 563. The van der Waals surface area contributed by atoms with E-state index in [1.54, 1.807) is 0 Å². The summed E-state index contributed by atoms with van der Waals surface area (Å²) in [7, 11) is 1.86. The van der Waals surface area contributed by atoms with Crippen LogP contribution in [0.15, 0.2) is 29.3 Å². The lowest BCUT2D eigenvalue weighted by Gasteiger charge is -2.34. The van der Waals surface area contributed by atoms with E-state index in [4.69, 9.17) is 0 Å². The zero-order valence-electron chi connectivity index (χ0n) is 16.4. The van der Waals surface area contributed by atoms with Crippen molar-refractivity contribution >= 4 is 17.7 Å². The molecule has 0 amide bonds. The minimum absolute atomic E-state index is 0.217. The monoisotopic (exact) mass is 362 g/mol. The van der Waals surface area contributed by atoms with Gasteiger partial charge in [-0.1, -0.05) is 24.3 Å². The average molecular weight is 363 g/mol. The van der Waals surface area contributed by atoms with Gasteiger partial charge in [-0.15, -0.1) is 0 Å². The molecular formula is C20H34N4S. The standard InChI is InChI=1S/C20H34N4S/c1-16-8-6-7-9-17(16)14-24-12-10-18(11-13-24)23-19(21-4)22-15-20(2,3)25-5/h6-9,18H,10-15H2,1-5H3,(H2,21,22,23). The molecule has 1 fully saturated rings. The Morgan fingerprint density at radius 2 is 1.96 bits per heavy atom. The van der Waals surface area contributed by atoms with Gasteiger partial charge in [0.25, 0.3) is 0 Å². The van der Waals surface area contributed by atoms with Crippen LogP contribution in [0.5, 0.6) is 0 Å². The second kappa shape index (κ2) is 9.48. The Hall–Kier alpha value is -1.20. The van der Waals surface area contributed by atoms with Crippen LogP contribution in [0.25, 0.3) is 0 Å². The number of aryl methyl sites for hydroxylation is 1. The molecule has 1 heterocycles. The molecule has 0 spiro atoms. The maximum atomic E-state index is 4.39. The number of hydrogen-bond acceptors (Lipinski definition) is 3. The fraction of sp³-hybridized carbons (Fsp3) is 0.650. The summed E-state index contributed by atoms with van der Waals surface area (Å²) in [6.45, 7) is 11.0. The number of guanidine groups is 1. The number of thioether (sulfide) groups is 1. The molecule has 1 aromatic rings. The number of likely N-dealkylation sites (tertiary alicyclic amines) is 1. The molecule has 0 unspecified atom stereocenters. The number of piperidine rings is 1. The van der Waals surface area contributed by atoms with Crippen LogP contribution in [-0.4, -0.2) is 54.6 Å². The zero-order valence-corrected chi connectivity index (χ0v) is 17.2. The summed E-state index contributed by atoms with van der Waals surface area (Å²) in [5.41, 5.74) is 2.84. The van der Waals surface area contributed by atoms with Crippen molar-refractivity contribution < 1.29 is 0 Å². The SMILES string of the molecule is CN=C(NCC(C)(C)SC)NC1CCN(Cc2ccccc2C)CC1. The maximum Gasteiger partial charge on any atom is 0.191 e. The van der Waals surface area contributed by atoms with Gasteiger partial charge in [-0.05, 0) is 51.0 Å². The van der Waals surface area contributed by atoms with E-state index in [-0.39, 0.29) is 4.75 Å². The molecule has 1 aromatic carbocycles. The van der Waals surface area contributed by atoms with E-state index >= 15 is 0 Å². The summed E-state index contributed by atoms with van der Waals surface area (Å²) in [6, 6.07) is 9.22. The van der Waals surface area contributed by atoms with Gasteiger partial charge >= 0.3 is 0 Å². The van der Waals surface area contributed by atoms with Crippen LogP contribution in [0, 0.1) is 6.92 Å². The third kappa shape index (κ3) is 6.55. The number of nitrogens with one attached hydrogen (secondary N) is 2. The van der Waals surface area contributed by atoms with Crippen molar-refractivity contribution in [3.63, 3.8) is 0 Å². The summed E-state index contributed by atoms with van der Waals surface area (Å²) in [5, 5.41) is 7.07. The second-order valence-electron chi connectivity index (χ2n) is 7.51. The summed E-state index contributed by atoms with van der Waals surface area (Å²) in [5.74, 6) is 0.930. The molecule has 140 valence electrons. The lowest BCUT2D eigenvalue weighted by molar-refractivity contribution is 0.198. The first-order valence-electron chi connectivity index (χ1n) is 9.23. The van der Waals surface area contributed by atoms with Crippen molar-refractivity contribution in [2.75, 3.05) is 32.9 Å². The Morgan fingerprint density at radius 3 is 2.56 bits per heavy atom. The van der Waals surface area contributed by atoms with Crippen LogP contribution < -0.4 is 10.6 Å². The minimum Gasteiger partial charge on any atom is -0.355 e. The highest BCUT2D eigenvalue weighted by atomic mass is 32.2. The Kier molecular flexibility index (Phi) is 7.63. The fourth-order valence-electron chi connectivity index (χ4n) is 3.02. The molecule has 5 heteroatoms. The zero-order chi connectivity index (χ0) is 18.3. The number of benzene rings is 1. The highest BCUT2D eigenvalue weighted by molar-refractivity contribution is 7.99.